The number of sulfonamides is 1. The first kappa shape index (κ1) is 17.0. The number of benzene rings is 1. The van der Waals surface area contributed by atoms with Gasteiger partial charge in [-0.2, -0.15) is 11.8 Å². The Kier molecular flexibility index (Phi) is 6.32. The summed E-state index contributed by atoms with van der Waals surface area (Å²) < 4.78 is 27.8. The maximum Gasteiger partial charge on any atom is 0.240 e. The Labute approximate surface area is 127 Å². The summed E-state index contributed by atoms with van der Waals surface area (Å²) >= 11 is 4.92. The molecule has 0 spiro atoms. The average Bonchev–Trinajstić information content (AvgIpc) is 2.38. The summed E-state index contributed by atoms with van der Waals surface area (Å²) in [5.74, 6) is 0. The number of rotatable bonds is 6. The fraction of sp³-hybridized carbons (Fsp3) is 0.500. The highest BCUT2D eigenvalue weighted by Crippen LogP contribution is 2.26. The molecule has 0 saturated heterocycles. The van der Waals surface area contributed by atoms with Crippen LogP contribution in [0.4, 0.5) is 0 Å². The Hall–Kier alpha value is -0.0800. The molecule has 0 radical (unpaired) electrons. The van der Waals surface area contributed by atoms with E-state index in [2.05, 4.69) is 20.7 Å². The van der Waals surface area contributed by atoms with E-state index in [1.165, 1.54) is 6.07 Å². The van der Waals surface area contributed by atoms with Crippen LogP contribution in [0.5, 0.6) is 0 Å². The van der Waals surface area contributed by atoms with Gasteiger partial charge in [-0.15, -0.1) is 0 Å². The maximum absolute atomic E-state index is 12.3. The number of aliphatic hydroxyl groups is 1. The van der Waals surface area contributed by atoms with Crippen LogP contribution in [0.1, 0.15) is 18.1 Å². The van der Waals surface area contributed by atoms with Gasteiger partial charge in [0.05, 0.1) is 11.5 Å². The highest BCUT2D eigenvalue weighted by molar-refractivity contribution is 9.10. The number of thioether (sulfide) groups is 1. The van der Waals surface area contributed by atoms with E-state index in [-0.39, 0.29) is 16.8 Å². The summed E-state index contributed by atoms with van der Waals surface area (Å²) in [6, 6.07) is 3.23. The smallest absolute Gasteiger partial charge is 0.240 e. The summed E-state index contributed by atoms with van der Waals surface area (Å²) in [5, 5.41) is 9.37. The second-order valence-corrected chi connectivity index (χ2v) is 8.12. The highest BCUT2D eigenvalue weighted by atomic mass is 79.9. The first-order chi connectivity index (χ1) is 8.81. The van der Waals surface area contributed by atoms with Gasteiger partial charge in [0.2, 0.25) is 10.0 Å². The van der Waals surface area contributed by atoms with Crippen LogP contribution in [0.3, 0.4) is 0 Å². The molecule has 4 nitrogen and oxygen atoms in total. The third-order valence-corrected chi connectivity index (χ3v) is 6.14. The monoisotopic (exact) mass is 367 g/mol. The summed E-state index contributed by atoms with van der Waals surface area (Å²) in [7, 11) is -3.56. The van der Waals surface area contributed by atoms with Crippen molar-refractivity contribution in [3.05, 3.63) is 27.7 Å². The van der Waals surface area contributed by atoms with Crippen molar-refractivity contribution in [2.45, 2.75) is 30.6 Å². The normalized spacial score (nSPS) is 13.5. The van der Waals surface area contributed by atoms with Crippen molar-refractivity contribution in [3.63, 3.8) is 0 Å². The predicted octanol–water partition coefficient (Wildman–Crippen LogP) is 2.28. The van der Waals surface area contributed by atoms with Crippen LogP contribution in [0.2, 0.25) is 0 Å². The van der Waals surface area contributed by atoms with Gasteiger partial charge in [-0.05, 0) is 36.4 Å². The molecule has 1 rings (SSSR count). The molecular formula is C12H18BrNO3S2. The van der Waals surface area contributed by atoms with E-state index in [4.69, 9.17) is 5.11 Å². The standard InChI is InChI=1S/C12H18BrNO3S2/c1-8(18-3)6-14-19(16,17)12-5-10(7-15)4-11(13)9(12)2/h4-5,8,14-15H,6-7H2,1-3H3. The van der Waals surface area contributed by atoms with Gasteiger partial charge in [-0.25, -0.2) is 13.1 Å². The van der Waals surface area contributed by atoms with Gasteiger partial charge >= 0.3 is 0 Å². The van der Waals surface area contributed by atoms with E-state index in [9.17, 15) is 8.42 Å². The summed E-state index contributed by atoms with van der Waals surface area (Å²) in [6.45, 7) is 3.88. The Bertz CT molecular complexity index is 546. The van der Waals surface area contributed by atoms with Crippen molar-refractivity contribution in [1.29, 1.82) is 0 Å². The van der Waals surface area contributed by atoms with E-state index < -0.39 is 10.0 Å². The zero-order valence-electron chi connectivity index (χ0n) is 11.1. The number of halogens is 1. The van der Waals surface area contributed by atoms with E-state index >= 15 is 0 Å². The van der Waals surface area contributed by atoms with Gasteiger partial charge in [-0.1, -0.05) is 22.9 Å². The summed E-state index contributed by atoms with van der Waals surface area (Å²) in [6.07, 6.45) is 1.94. The van der Waals surface area contributed by atoms with Crippen LogP contribution in [-0.2, 0) is 16.6 Å². The Morgan fingerprint density at radius 1 is 1.47 bits per heavy atom. The van der Waals surface area contributed by atoms with Crippen LogP contribution in [0, 0.1) is 6.92 Å². The molecule has 0 aliphatic rings. The van der Waals surface area contributed by atoms with Crippen LogP contribution in [0.15, 0.2) is 21.5 Å². The quantitative estimate of drug-likeness (QED) is 0.809. The molecule has 108 valence electrons. The zero-order chi connectivity index (χ0) is 14.6. The molecule has 0 bridgehead atoms. The molecule has 0 fully saturated rings. The molecule has 0 aliphatic carbocycles. The molecule has 0 heterocycles. The first-order valence-corrected chi connectivity index (χ1v) is 9.30. The van der Waals surface area contributed by atoms with Gasteiger partial charge in [0.1, 0.15) is 0 Å². The van der Waals surface area contributed by atoms with E-state index in [0.29, 0.717) is 22.1 Å². The summed E-state index contributed by atoms with van der Waals surface area (Å²) in [5.41, 5.74) is 1.21. The number of nitrogens with one attached hydrogen (secondary N) is 1. The number of hydrogen-bond donors (Lipinski definition) is 2. The molecule has 19 heavy (non-hydrogen) atoms. The van der Waals surface area contributed by atoms with Gasteiger partial charge < -0.3 is 5.11 Å². The first-order valence-electron chi connectivity index (χ1n) is 5.74. The van der Waals surface area contributed by atoms with Gasteiger partial charge in [0.25, 0.3) is 0 Å². The van der Waals surface area contributed by atoms with E-state index in [1.54, 1.807) is 24.8 Å². The van der Waals surface area contributed by atoms with Gasteiger partial charge in [0, 0.05) is 16.3 Å². The second kappa shape index (κ2) is 7.08. The molecule has 1 atom stereocenters. The third-order valence-electron chi connectivity index (χ3n) is 2.79. The lowest BCUT2D eigenvalue weighted by Gasteiger charge is -2.14. The van der Waals surface area contributed by atoms with Gasteiger partial charge in [0.15, 0.2) is 0 Å². The van der Waals surface area contributed by atoms with Crippen LogP contribution < -0.4 is 4.72 Å². The molecule has 0 aromatic heterocycles. The van der Waals surface area contributed by atoms with E-state index in [0.717, 1.165) is 0 Å². The third kappa shape index (κ3) is 4.46. The molecule has 0 aliphatic heterocycles. The molecule has 2 N–H and O–H groups in total. The highest BCUT2D eigenvalue weighted by Gasteiger charge is 2.19. The lowest BCUT2D eigenvalue weighted by molar-refractivity contribution is 0.281. The lowest BCUT2D eigenvalue weighted by Crippen LogP contribution is -2.30. The van der Waals surface area contributed by atoms with Crippen LogP contribution in [0.25, 0.3) is 0 Å². The summed E-state index contributed by atoms with van der Waals surface area (Å²) in [4.78, 5) is 0.208. The lowest BCUT2D eigenvalue weighted by atomic mass is 10.2. The Morgan fingerprint density at radius 2 is 2.11 bits per heavy atom. The molecule has 1 unspecified atom stereocenters. The number of hydrogen-bond acceptors (Lipinski definition) is 4. The molecule has 0 saturated carbocycles. The van der Waals surface area contributed by atoms with Crippen molar-refractivity contribution in [2.24, 2.45) is 0 Å². The minimum absolute atomic E-state index is 0.192. The molecule has 1 aromatic rings. The van der Waals surface area contributed by atoms with E-state index in [1.807, 2.05) is 13.2 Å². The van der Waals surface area contributed by atoms with Crippen molar-refractivity contribution >= 4 is 37.7 Å². The predicted molar refractivity (Wildman–Crippen MR) is 83.0 cm³/mol. The largest absolute Gasteiger partial charge is 0.392 e. The van der Waals surface area contributed by atoms with Crippen molar-refractivity contribution in [1.82, 2.24) is 4.72 Å². The minimum atomic E-state index is -3.56. The van der Waals surface area contributed by atoms with Crippen LogP contribution in [-0.4, -0.2) is 31.6 Å². The van der Waals surface area contributed by atoms with Gasteiger partial charge in [-0.3, -0.25) is 0 Å². The Balaban J connectivity index is 3.10. The van der Waals surface area contributed by atoms with Crippen molar-refractivity contribution < 1.29 is 13.5 Å². The molecule has 0 amide bonds. The topological polar surface area (TPSA) is 66.4 Å². The molecular weight excluding hydrogens is 350 g/mol. The molecule has 1 aromatic carbocycles. The van der Waals surface area contributed by atoms with Crippen molar-refractivity contribution in [3.8, 4) is 0 Å². The maximum atomic E-state index is 12.3. The Morgan fingerprint density at radius 3 is 2.63 bits per heavy atom. The minimum Gasteiger partial charge on any atom is -0.392 e. The zero-order valence-corrected chi connectivity index (χ0v) is 14.3. The fourth-order valence-electron chi connectivity index (χ4n) is 1.47. The average molecular weight is 368 g/mol. The number of aliphatic hydroxyl groups excluding tert-OH is 1. The van der Waals surface area contributed by atoms with Crippen molar-refractivity contribution in [2.75, 3.05) is 12.8 Å². The molecule has 7 heteroatoms. The van der Waals surface area contributed by atoms with Crippen LogP contribution >= 0.6 is 27.7 Å². The fourth-order valence-corrected chi connectivity index (χ4v) is 3.90. The SMILES string of the molecule is CSC(C)CNS(=O)(=O)c1cc(CO)cc(Br)c1C. The second-order valence-electron chi connectivity index (χ2n) is 4.26.